The second-order valence-corrected chi connectivity index (χ2v) is 13.3. The average molecular weight is 349 g/mol. The maximum absolute atomic E-state index is 13.9. The quantitative estimate of drug-likeness (QED) is 0.357. The Labute approximate surface area is 148 Å². The Morgan fingerprint density at radius 2 is 1.50 bits per heavy atom. The lowest BCUT2D eigenvalue weighted by molar-refractivity contribution is 0.340. The Bertz CT molecular complexity index is 548. The van der Waals surface area contributed by atoms with Crippen molar-refractivity contribution in [3.05, 3.63) is 47.9 Å². The van der Waals surface area contributed by atoms with Crippen LogP contribution in [-0.2, 0) is 0 Å². The molecule has 0 aliphatic heterocycles. The van der Waals surface area contributed by atoms with Crippen LogP contribution in [0.4, 0.5) is 4.39 Å². The summed E-state index contributed by atoms with van der Waals surface area (Å²) >= 11 is 0. The number of rotatable bonds is 8. The SMILES string of the molecule is C=C(/C(=C/F)c1ccc(OCC)cc1)[Si](C(C)C)(C(C)C)C(C)C. The van der Waals surface area contributed by atoms with Gasteiger partial charge in [-0.15, -0.1) is 0 Å². The summed E-state index contributed by atoms with van der Waals surface area (Å²) in [6.07, 6.45) is 0.743. The minimum Gasteiger partial charge on any atom is -0.494 e. The standard InChI is InChI=1S/C21H33FOSi/c1-9-23-20-12-10-19(11-13-20)21(14-22)18(8)24(15(2)3,16(4)5)17(6)7/h10-17H,8-9H2,1-7H3/b21-14-. The Hall–Kier alpha value is -1.35. The van der Waals surface area contributed by atoms with Crippen LogP contribution in [0, 0.1) is 0 Å². The van der Waals surface area contributed by atoms with E-state index in [-0.39, 0.29) is 0 Å². The highest BCUT2D eigenvalue weighted by molar-refractivity contribution is 6.91. The molecular weight excluding hydrogens is 315 g/mol. The fraction of sp³-hybridized carbons (Fsp3) is 0.524. The van der Waals surface area contributed by atoms with Gasteiger partial charge in [0.15, 0.2) is 0 Å². The van der Waals surface area contributed by atoms with Crippen molar-refractivity contribution >= 4 is 13.6 Å². The number of hydrogen-bond acceptors (Lipinski definition) is 1. The molecule has 0 saturated heterocycles. The summed E-state index contributed by atoms with van der Waals surface area (Å²) in [5.74, 6) is 0.810. The lowest BCUT2D eigenvalue weighted by Crippen LogP contribution is -2.46. The van der Waals surface area contributed by atoms with Crippen molar-refractivity contribution in [2.75, 3.05) is 6.61 Å². The van der Waals surface area contributed by atoms with E-state index >= 15 is 0 Å². The predicted molar refractivity (Wildman–Crippen MR) is 107 cm³/mol. The third kappa shape index (κ3) is 3.82. The molecule has 134 valence electrons. The Kier molecular flexibility index (Phi) is 7.46. The van der Waals surface area contributed by atoms with Crippen molar-refractivity contribution in [1.29, 1.82) is 0 Å². The first-order chi connectivity index (χ1) is 11.2. The van der Waals surface area contributed by atoms with Crippen molar-refractivity contribution in [1.82, 2.24) is 0 Å². The van der Waals surface area contributed by atoms with E-state index in [1.165, 1.54) is 0 Å². The zero-order valence-electron chi connectivity index (χ0n) is 16.3. The highest BCUT2D eigenvalue weighted by Crippen LogP contribution is 2.49. The molecule has 1 nitrogen and oxygen atoms in total. The van der Waals surface area contributed by atoms with E-state index in [2.05, 4.69) is 48.1 Å². The van der Waals surface area contributed by atoms with Gasteiger partial charge in [-0.05, 0) is 41.2 Å². The van der Waals surface area contributed by atoms with Crippen molar-refractivity contribution in [2.45, 2.75) is 65.1 Å². The monoisotopic (exact) mass is 348 g/mol. The largest absolute Gasteiger partial charge is 0.494 e. The molecule has 3 heteroatoms. The molecule has 0 atom stereocenters. The van der Waals surface area contributed by atoms with E-state index in [4.69, 9.17) is 4.74 Å². The molecule has 0 aliphatic rings. The van der Waals surface area contributed by atoms with E-state index in [0.29, 0.717) is 28.8 Å². The van der Waals surface area contributed by atoms with Gasteiger partial charge in [0.2, 0.25) is 0 Å². The summed E-state index contributed by atoms with van der Waals surface area (Å²) in [5, 5.41) is 1.02. The van der Waals surface area contributed by atoms with E-state index < -0.39 is 8.07 Å². The van der Waals surface area contributed by atoms with Gasteiger partial charge in [-0.25, -0.2) is 4.39 Å². The van der Waals surface area contributed by atoms with Crippen molar-refractivity contribution in [3.8, 4) is 5.75 Å². The van der Waals surface area contributed by atoms with Gasteiger partial charge < -0.3 is 4.74 Å². The minimum absolute atomic E-state index is 0.502. The number of halogens is 1. The molecule has 24 heavy (non-hydrogen) atoms. The molecular formula is C21H33FOSi. The van der Waals surface area contributed by atoms with Gasteiger partial charge in [0, 0.05) is 5.57 Å². The van der Waals surface area contributed by atoms with Crippen LogP contribution < -0.4 is 4.74 Å². The summed E-state index contributed by atoms with van der Waals surface area (Å²) in [6.45, 7) is 20.6. The Morgan fingerprint density at radius 1 is 1.04 bits per heavy atom. The van der Waals surface area contributed by atoms with Crippen LogP contribution in [-0.4, -0.2) is 14.7 Å². The first-order valence-electron chi connectivity index (χ1n) is 8.96. The summed E-state index contributed by atoms with van der Waals surface area (Å²) < 4.78 is 19.4. The first-order valence-corrected chi connectivity index (χ1v) is 11.2. The topological polar surface area (TPSA) is 9.23 Å². The summed E-state index contributed by atoms with van der Waals surface area (Å²) in [5.41, 5.74) is 3.04. The van der Waals surface area contributed by atoms with Crippen LogP contribution in [0.5, 0.6) is 5.75 Å². The molecule has 0 amide bonds. The molecule has 0 aliphatic carbocycles. The minimum atomic E-state index is -1.96. The molecule has 0 unspecified atom stereocenters. The molecule has 1 rings (SSSR count). The second-order valence-electron chi connectivity index (χ2n) is 7.36. The molecule has 0 fully saturated rings. The van der Waals surface area contributed by atoms with Crippen LogP contribution in [0.1, 0.15) is 54.0 Å². The maximum Gasteiger partial charge on any atom is 0.119 e. The fourth-order valence-electron chi connectivity index (χ4n) is 4.48. The predicted octanol–water partition coefficient (Wildman–Crippen LogP) is 7.17. The highest BCUT2D eigenvalue weighted by atomic mass is 28.3. The normalized spacial score (nSPS) is 13.0. The molecule has 0 bridgehead atoms. The lowest BCUT2D eigenvalue weighted by atomic mass is 10.1. The molecule has 1 aromatic carbocycles. The lowest BCUT2D eigenvalue weighted by Gasteiger charge is -2.45. The molecule has 0 saturated carbocycles. The van der Waals surface area contributed by atoms with Crippen molar-refractivity contribution < 1.29 is 9.13 Å². The van der Waals surface area contributed by atoms with Crippen LogP contribution in [0.2, 0.25) is 16.6 Å². The number of hydrogen-bond donors (Lipinski definition) is 0. The van der Waals surface area contributed by atoms with Gasteiger partial charge in [-0.1, -0.05) is 65.5 Å². The molecule has 0 aromatic heterocycles. The summed E-state index contributed by atoms with van der Waals surface area (Å²) in [6, 6.07) is 7.67. The zero-order chi connectivity index (χ0) is 18.5. The van der Waals surface area contributed by atoms with E-state index in [0.717, 1.165) is 22.8 Å². The third-order valence-corrected chi connectivity index (χ3v) is 12.3. The smallest absolute Gasteiger partial charge is 0.119 e. The molecule has 0 spiro atoms. The van der Waals surface area contributed by atoms with Gasteiger partial charge in [-0.3, -0.25) is 0 Å². The highest BCUT2D eigenvalue weighted by Gasteiger charge is 2.46. The molecule has 0 heterocycles. The molecule has 0 radical (unpaired) electrons. The Balaban J connectivity index is 3.34. The van der Waals surface area contributed by atoms with Crippen LogP contribution >= 0.6 is 0 Å². The van der Waals surface area contributed by atoms with Crippen molar-refractivity contribution in [2.24, 2.45) is 0 Å². The average Bonchev–Trinajstić information content (AvgIpc) is 2.49. The van der Waals surface area contributed by atoms with Crippen LogP contribution in [0.25, 0.3) is 5.57 Å². The van der Waals surface area contributed by atoms with Crippen molar-refractivity contribution in [3.63, 3.8) is 0 Å². The van der Waals surface area contributed by atoms with Gasteiger partial charge in [0.05, 0.1) is 21.0 Å². The Morgan fingerprint density at radius 3 is 1.83 bits per heavy atom. The van der Waals surface area contributed by atoms with Gasteiger partial charge in [0.1, 0.15) is 5.75 Å². The van der Waals surface area contributed by atoms with Gasteiger partial charge in [0.25, 0.3) is 0 Å². The summed E-state index contributed by atoms with van der Waals surface area (Å²) in [4.78, 5) is 0. The van der Waals surface area contributed by atoms with Crippen LogP contribution in [0.15, 0.2) is 42.4 Å². The van der Waals surface area contributed by atoms with Gasteiger partial charge in [-0.2, -0.15) is 0 Å². The number of allylic oxidation sites excluding steroid dienone is 2. The number of benzene rings is 1. The first kappa shape index (κ1) is 20.7. The van der Waals surface area contributed by atoms with E-state index in [1.54, 1.807) is 0 Å². The molecule has 1 aromatic rings. The van der Waals surface area contributed by atoms with Crippen LogP contribution in [0.3, 0.4) is 0 Å². The fourth-order valence-corrected chi connectivity index (χ4v) is 11.2. The number of ether oxygens (including phenoxy) is 1. The van der Waals surface area contributed by atoms with E-state index in [1.807, 2.05) is 31.2 Å². The maximum atomic E-state index is 13.9. The second kappa shape index (κ2) is 8.66. The third-order valence-electron chi connectivity index (χ3n) is 5.30. The van der Waals surface area contributed by atoms with E-state index in [9.17, 15) is 4.39 Å². The summed E-state index contributed by atoms with van der Waals surface area (Å²) in [7, 11) is -1.96. The zero-order valence-corrected chi connectivity index (χ0v) is 17.3. The molecule has 0 N–H and O–H groups in total. The van der Waals surface area contributed by atoms with Gasteiger partial charge >= 0.3 is 0 Å².